The van der Waals surface area contributed by atoms with Gasteiger partial charge >= 0.3 is 0 Å². The van der Waals surface area contributed by atoms with Crippen LogP contribution in [0.15, 0.2) is 40.9 Å². The SMILES string of the molecule is COc1ccc(C)cc1N(CC(=O)Nc1ccc(Br)c(C)c1)S(C)(=O)=O. The molecule has 2 rings (SSSR count). The zero-order valence-electron chi connectivity index (χ0n) is 15.0. The van der Waals surface area contributed by atoms with Crippen LogP contribution in [0.5, 0.6) is 5.75 Å². The van der Waals surface area contributed by atoms with Gasteiger partial charge in [0.05, 0.1) is 19.1 Å². The number of rotatable bonds is 6. The van der Waals surface area contributed by atoms with Gasteiger partial charge in [-0.05, 0) is 55.3 Å². The van der Waals surface area contributed by atoms with Gasteiger partial charge in [-0.2, -0.15) is 0 Å². The number of methoxy groups -OCH3 is 1. The van der Waals surface area contributed by atoms with Gasteiger partial charge in [-0.1, -0.05) is 22.0 Å². The van der Waals surface area contributed by atoms with Gasteiger partial charge in [0.25, 0.3) is 0 Å². The fourth-order valence-electron chi connectivity index (χ4n) is 2.43. The number of benzene rings is 2. The highest BCUT2D eigenvalue weighted by atomic mass is 79.9. The van der Waals surface area contributed by atoms with Gasteiger partial charge < -0.3 is 10.1 Å². The number of carbonyl (C=O) groups excluding carboxylic acids is 1. The first-order chi connectivity index (χ1) is 12.1. The van der Waals surface area contributed by atoms with E-state index in [1.807, 2.05) is 26.0 Å². The van der Waals surface area contributed by atoms with Gasteiger partial charge in [0.1, 0.15) is 12.3 Å². The molecule has 0 bridgehead atoms. The van der Waals surface area contributed by atoms with Crippen molar-refractivity contribution >= 4 is 43.2 Å². The molecule has 0 aliphatic rings. The molecule has 1 N–H and O–H groups in total. The minimum atomic E-state index is -3.68. The molecule has 8 heteroatoms. The smallest absolute Gasteiger partial charge is 0.245 e. The summed E-state index contributed by atoms with van der Waals surface area (Å²) >= 11 is 3.40. The lowest BCUT2D eigenvalue weighted by molar-refractivity contribution is -0.114. The van der Waals surface area contributed by atoms with Crippen molar-refractivity contribution in [2.75, 3.05) is 29.5 Å². The monoisotopic (exact) mass is 440 g/mol. The summed E-state index contributed by atoms with van der Waals surface area (Å²) in [4.78, 5) is 12.5. The van der Waals surface area contributed by atoms with E-state index in [-0.39, 0.29) is 6.54 Å². The van der Waals surface area contributed by atoms with Gasteiger partial charge in [0.2, 0.25) is 15.9 Å². The Morgan fingerprint density at radius 3 is 2.46 bits per heavy atom. The second kappa shape index (κ2) is 8.09. The molecular formula is C18H21BrN2O4S. The first-order valence-electron chi connectivity index (χ1n) is 7.80. The molecule has 0 heterocycles. The van der Waals surface area contributed by atoms with Crippen molar-refractivity contribution in [2.24, 2.45) is 0 Å². The molecule has 0 unspecified atom stereocenters. The van der Waals surface area contributed by atoms with Crippen LogP contribution in [-0.4, -0.2) is 34.2 Å². The summed E-state index contributed by atoms with van der Waals surface area (Å²) in [6.07, 6.45) is 1.06. The number of hydrogen-bond acceptors (Lipinski definition) is 4. The standard InChI is InChI=1S/C18H21BrN2O4S/c1-12-5-8-17(25-3)16(9-12)21(26(4,23)24)11-18(22)20-14-6-7-15(19)13(2)10-14/h5-10H,11H2,1-4H3,(H,20,22). The summed E-state index contributed by atoms with van der Waals surface area (Å²) < 4.78 is 31.8. The molecule has 0 aliphatic heterocycles. The van der Waals surface area contributed by atoms with Gasteiger partial charge in [-0.3, -0.25) is 9.10 Å². The number of hydrogen-bond donors (Lipinski definition) is 1. The number of ether oxygens (including phenoxy) is 1. The molecule has 2 aromatic carbocycles. The van der Waals surface area contributed by atoms with Crippen LogP contribution in [0.2, 0.25) is 0 Å². The third-order valence-electron chi connectivity index (χ3n) is 3.73. The summed E-state index contributed by atoms with van der Waals surface area (Å²) in [5.74, 6) is -0.0611. The van der Waals surface area contributed by atoms with Gasteiger partial charge in [0.15, 0.2) is 0 Å². The van der Waals surface area contributed by atoms with Crippen molar-refractivity contribution in [1.82, 2.24) is 0 Å². The van der Waals surface area contributed by atoms with Crippen molar-refractivity contribution in [2.45, 2.75) is 13.8 Å². The Labute approximate surface area is 162 Å². The van der Waals surface area contributed by atoms with Gasteiger partial charge in [-0.25, -0.2) is 8.42 Å². The van der Waals surface area contributed by atoms with Crippen LogP contribution in [0, 0.1) is 13.8 Å². The maximum atomic E-state index is 12.5. The van der Waals surface area contributed by atoms with Crippen LogP contribution in [0.25, 0.3) is 0 Å². The Balaban J connectivity index is 2.30. The second-order valence-corrected chi connectivity index (χ2v) is 8.72. The highest BCUT2D eigenvalue weighted by Gasteiger charge is 2.24. The second-order valence-electron chi connectivity index (χ2n) is 5.96. The Morgan fingerprint density at radius 2 is 1.88 bits per heavy atom. The van der Waals surface area contributed by atoms with E-state index in [2.05, 4.69) is 21.2 Å². The summed E-state index contributed by atoms with van der Waals surface area (Å²) in [5.41, 5.74) is 2.75. The third-order valence-corrected chi connectivity index (χ3v) is 5.75. The summed E-state index contributed by atoms with van der Waals surface area (Å²) in [5, 5.41) is 2.73. The Bertz CT molecular complexity index is 929. The van der Waals surface area contributed by atoms with E-state index in [1.54, 1.807) is 24.3 Å². The highest BCUT2D eigenvalue weighted by Crippen LogP contribution is 2.31. The molecule has 2 aromatic rings. The summed E-state index contributed by atoms with van der Waals surface area (Å²) in [6, 6.07) is 10.5. The average molecular weight is 441 g/mol. The predicted molar refractivity (Wildman–Crippen MR) is 107 cm³/mol. The molecule has 1 amide bonds. The lowest BCUT2D eigenvalue weighted by atomic mass is 10.2. The Kier molecular flexibility index (Phi) is 6.30. The summed E-state index contributed by atoms with van der Waals surface area (Å²) in [6.45, 7) is 3.39. The fraction of sp³-hybridized carbons (Fsp3) is 0.278. The van der Waals surface area contributed by atoms with Gasteiger partial charge in [0, 0.05) is 10.2 Å². The summed E-state index contributed by atoms with van der Waals surface area (Å²) in [7, 11) is -2.23. The fourth-order valence-corrected chi connectivity index (χ4v) is 3.53. The molecule has 0 saturated heterocycles. The number of aryl methyl sites for hydroxylation is 2. The maximum Gasteiger partial charge on any atom is 0.245 e. The topological polar surface area (TPSA) is 75.7 Å². The number of sulfonamides is 1. The van der Waals surface area contributed by atoms with Gasteiger partial charge in [-0.15, -0.1) is 0 Å². The minimum absolute atomic E-state index is 0.331. The quantitative estimate of drug-likeness (QED) is 0.745. The van der Waals surface area contributed by atoms with Crippen LogP contribution in [-0.2, 0) is 14.8 Å². The van der Waals surface area contributed by atoms with Crippen molar-refractivity contribution in [3.05, 3.63) is 52.0 Å². The molecule has 0 aliphatic carbocycles. The van der Waals surface area contributed by atoms with Crippen LogP contribution in [0.3, 0.4) is 0 Å². The predicted octanol–water partition coefficient (Wildman–Crippen LogP) is 3.48. The van der Waals surface area contributed by atoms with E-state index < -0.39 is 15.9 Å². The molecule has 0 aromatic heterocycles. The van der Waals surface area contributed by atoms with Crippen LogP contribution in [0.4, 0.5) is 11.4 Å². The number of anilines is 2. The first-order valence-corrected chi connectivity index (χ1v) is 10.4. The molecule has 0 atom stereocenters. The zero-order valence-corrected chi connectivity index (χ0v) is 17.4. The van der Waals surface area contributed by atoms with E-state index >= 15 is 0 Å². The van der Waals surface area contributed by atoms with E-state index in [1.165, 1.54) is 7.11 Å². The van der Waals surface area contributed by atoms with Crippen molar-refractivity contribution in [3.63, 3.8) is 0 Å². The number of halogens is 1. The minimum Gasteiger partial charge on any atom is -0.495 e. The number of nitrogens with zero attached hydrogens (tertiary/aromatic N) is 1. The average Bonchev–Trinajstić information content (AvgIpc) is 2.55. The van der Waals surface area contributed by atoms with Crippen LogP contribution >= 0.6 is 15.9 Å². The largest absolute Gasteiger partial charge is 0.495 e. The molecule has 0 saturated carbocycles. The van der Waals surface area contributed by atoms with E-state index in [9.17, 15) is 13.2 Å². The maximum absolute atomic E-state index is 12.5. The van der Waals surface area contributed by atoms with E-state index in [0.717, 1.165) is 26.2 Å². The Hall–Kier alpha value is -2.06. The number of amides is 1. The van der Waals surface area contributed by atoms with Crippen LogP contribution in [0.1, 0.15) is 11.1 Å². The molecule has 0 radical (unpaired) electrons. The lowest BCUT2D eigenvalue weighted by Gasteiger charge is -2.24. The third kappa shape index (κ3) is 4.98. The number of nitrogens with one attached hydrogen (secondary N) is 1. The molecular weight excluding hydrogens is 420 g/mol. The zero-order chi connectivity index (χ0) is 19.5. The van der Waals surface area contributed by atoms with Crippen molar-refractivity contribution in [3.8, 4) is 5.75 Å². The van der Waals surface area contributed by atoms with Crippen molar-refractivity contribution < 1.29 is 17.9 Å². The normalized spacial score (nSPS) is 11.1. The molecule has 0 fully saturated rings. The van der Waals surface area contributed by atoms with E-state index in [0.29, 0.717) is 17.1 Å². The highest BCUT2D eigenvalue weighted by molar-refractivity contribution is 9.10. The molecule has 6 nitrogen and oxygen atoms in total. The van der Waals surface area contributed by atoms with Crippen LogP contribution < -0.4 is 14.4 Å². The lowest BCUT2D eigenvalue weighted by Crippen LogP contribution is -2.37. The Morgan fingerprint density at radius 1 is 1.19 bits per heavy atom. The first kappa shape index (κ1) is 20.3. The molecule has 140 valence electrons. The van der Waals surface area contributed by atoms with E-state index in [4.69, 9.17) is 4.74 Å². The molecule has 26 heavy (non-hydrogen) atoms. The number of carbonyl (C=O) groups is 1. The van der Waals surface area contributed by atoms with Crippen molar-refractivity contribution in [1.29, 1.82) is 0 Å². The molecule has 0 spiro atoms.